The molecule has 0 bridgehead atoms. The van der Waals surface area contributed by atoms with Crippen molar-refractivity contribution >= 4 is 0 Å². The monoisotopic (exact) mass is 221 g/mol. The summed E-state index contributed by atoms with van der Waals surface area (Å²) in [5.74, 6) is 0.772. The van der Waals surface area contributed by atoms with Crippen molar-refractivity contribution in [3.05, 3.63) is 36.5 Å². The van der Waals surface area contributed by atoms with E-state index in [2.05, 4.69) is 39.5 Å². The summed E-state index contributed by atoms with van der Waals surface area (Å²) in [6.07, 6.45) is 12.9. The highest BCUT2D eigenvalue weighted by atomic mass is 14.6. The van der Waals surface area contributed by atoms with Crippen LogP contribution in [0.25, 0.3) is 0 Å². The van der Waals surface area contributed by atoms with Gasteiger partial charge in [0.1, 0.15) is 0 Å². The average molecular weight is 221 g/mol. The standard InChI is InChI=1S/C15H27N/c1-5-8-13(4)10-11-15(16)12-14(7-3)9-6-2/h5,8,10-11,14-15H,1,6-7,9,12,16H2,2-4H3/b11-10?,13-8-. The summed E-state index contributed by atoms with van der Waals surface area (Å²) in [4.78, 5) is 0. The van der Waals surface area contributed by atoms with E-state index in [1.807, 2.05) is 6.08 Å². The third-order valence-corrected chi connectivity index (χ3v) is 2.87. The summed E-state index contributed by atoms with van der Waals surface area (Å²) in [5, 5.41) is 0. The van der Waals surface area contributed by atoms with E-state index in [9.17, 15) is 0 Å². The zero-order valence-electron chi connectivity index (χ0n) is 11.1. The van der Waals surface area contributed by atoms with E-state index in [4.69, 9.17) is 5.73 Å². The maximum atomic E-state index is 6.09. The molecule has 2 atom stereocenters. The lowest BCUT2D eigenvalue weighted by Crippen LogP contribution is -2.21. The number of rotatable bonds is 8. The minimum Gasteiger partial charge on any atom is -0.324 e. The lowest BCUT2D eigenvalue weighted by Gasteiger charge is -2.16. The number of allylic oxidation sites excluding steroid dienone is 4. The molecule has 92 valence electrons. The first-order valence-corrected chi connectivity index (χ1v) is 6.37. The molecule has 0 aromatic rings. The van der Waals surface area contributed by atoms with Crippen LogP contribution in [0.15, 0.2) is 36.5 Å². The van der Waals surface area contributed by atoms with Gasteiger partial charge in [0.05, 0.1) is 0 Å². The molecule has 1 nitrogen and oxygen atoms in total. The molecule has 0 aliphatic rings. The van der Waals surface area contributed by atoms with Crippen molar-refractivity contribution in [3.63, 3.8) is 0 Å². The number of nitrogens with two attached hydrogens (primary N) is 1. The molecule has 0 saturated heterocycles. The Morgan fingerprint density at radius 3 is 2.56 bits per heavy atom. The van der Waals surface area contributed by atoms with Gasteiger partial charge < -0.3 is 5.73 Å². The molecule has 0 aromatic heterocycles. The first kappa shape index (κ1) is 15.2. The van der Waals surface area contributed by atoms with Crippen LogP contribution in [-0.2, 0) is 0 Å². The molecular formula is C15H27N. The van der Waals surface area contributed by atoms with Crippen LogP contribution in [-0.4, -0.2) is 6.04 Å². The molecule has 0 spiro atoms. The molecule has 0 aliphatic carbocycles. The Bertz CT molecular complexity index is 238. The van der Waals surface area contributed by atoms with Crippen molar-refractivity contribution in [3.8, 4) is 0 Å². The van der Waals surface area contributed by atoms with Gasteiger partial charge in [-0.15, -0.1) is 0 Å². The minimum absolute atomic E-state index is 0.185. The molecule has 2 N–H and O–H groups in total. The molecule has 2 unspecified atom stereocenters. The lowest BCUT2D eigenvalue weighted by atomic mass is 9.93. The van der Waals surface area contributed by atoms with Crippen LogP contribution < -0.4 is 5.73 Å². The van der Waals surface area contributed by atoms with Crippen LogP contribution in [0.4, 0.5) is 0 Å². The maximum absolute atomic E-state index is 6.09. The van der Waals surface area contributed by atoms with Crippen LogP contribution in [0.2, 0.25) is 0 Å². The van der Waals surface area contributed by atoms with Crippen LogP contribution in [0, 0.1) is 5.92 Å². The van der Waals surface area contributed by atoms with Gasteiger partial charge in [-0.3, -0.25) is 0 Å². The quantitative estimate of drug-likeness (QED) is 0.610. The van der Waals surface area contributed by atoms with E-state index in [1.165, 1.54) is 24.8 Å². The van der Waals surface area contributed by atoms with Gasteiger partial charge in [0.2, 0.25) is 0 Å². The maximum Gasteiger partial charge on any atom is 0.0229 e. The fourth-order valence-corrected chi connectivity index (χ4v) is 1.88. The van der Waals surface area contributed by atoms with E-state index < -0.39 is 0 Å². The zero-order chi connectivity index (χ0) is 12.4. The predicted molar refractivity (Wildman–Crippen MR) is 74.4 cm³/mol. The van der Waals surface area contributed by atoms with Gasteiger partial charge in [-0.05, 0) is 19.3 Å². The van der Waals surface area contributed by atoms with E-state index in [-0.39, 0.29) is 6.04 Å². The number of hydrogen-bond donors (Lipinski definition) is 1. The van der Waals surface area contributed by atoms with Crippen molar-refractivity contribution in [1.29, 1.82) is 0 Å². The third kappa shape index (κ3) is 7.47. The third-order valence-electron chi connectivity index (χ3n) is 2.87. The van der Waals surface area contributed by atoms with Crippen LogP contribution in [0.3, 0.4) is 0 Å². The molecule has 1 heteroatoms. The lowest BCUT2D eigenvalue weighted by molar-refractivity contribution is 0.414. The number of hydrogen-bond acceptors (Lipinski definition) is 1. The fourth-order valence-electron chi connectivity index (χ4n) is 1.88. The summed E-state index contributed by atoms with van der Waals surface area (Å²) in [7, 11) is 0. The van der Waals surface area contributed by atoms with Gasteiger partial charge in [0, 0.05) is 6.04 Å². The van der Waals surface area contributed by atoms with Gasteiger partial charge in [-0.2, -0.15) is 0 Å². The van der Waals surface area contributed by atoms with Gasteiger partial charge in [-0.1, -0.05) is 69.6 Å². The van der Waals surface area contributed by atoms with Crippen molar-refractivity contribution in [1.82, 2.24) is 0 Å². The summed E-state index contributed by atoms with van der Waals surface area (Å²) < 4.78 is 0. The van der Waals surface area contributed by atoms with Crippen molar-refractivity contribution in [2.24, 2.45) is 11.7 Å². The van der Waals surface area contributed by atoms with Crippen LogP contribution in [0.1, 0.15) is 46.5 Å². The second-order valence-corrected chi connectivity index (χ2v) is 4.47. The van der Waals surface area contributed by atoms with E-state index >= 15 is 0 Å². The Morgan fingerprint density at radius 1 is 1.38 bits per heavy atom. The summed E-state index contributed by atoms with van der Waals surface area (Å²) >= 11 is 0. The highest BCUT2D eigenvalue weighted by Crippen LogP contribution is 2.17. The van der Waals surface area contributed by atoms with Crippen LogP contribution in [0.5, 0.6) is 0 Å². The Hall–Kier alpha value is -0.820. The molecule has 0 aromatic carbocycles. The summed E-state index contributed by atoms with van der Waals surface area (Å²) in [6.45, 7) is 10.2. The van der Waals surface area contributed by atoms with Gasteiger partial charge in [0.25, 0.3) is 0 Å². The van der Waals surface area contributed by atoms with E-state index in [0.717, 1.165) is 12.3 Å². The Labute approximate surface area is 101 Å². The smallest absolute Gasteiger partial charge is 0.0229 e. The van der Waals surface area contributed by atoms with E-state index in [1.54, 1.807) is 6.08 Å². The average Bonchev–Trinajstić information content (AvgIpc) is 2.26. The topological polar surface area (TPSA) is 26.0 Å². The first-order valence-electron chi connectivity index (χ1n) is 6.37. The van der Waals surface area contributed by atoms with Gasteiger partial charge >= 0.3 is 0 Å². The largest absolute Gasteiger partial charge is 0.324 e. The van der Waals surface area contributed by atoms with Crippen molar-refractivity contribution in [2.45, 2.75) is 52.5 Å². The second kappa shape index (κ2) is 9.41. The summed E-state index contributed by atoms with van der Waals surface area (Å²) in [6, 6.07) is 0.185. The van der Waals surface area contributed by atoms with Gasteiger partial charge in [-0.25, -0.2) is 0 Å². The molecule has 0 heterocycles. The Balaban J connectivity index is 4.09. The SMILES string of the molecule is C=C/C=C(/C)C=CC(N)CC(CC)CCC. The van der Waals surface area contributed by atoms with Gasteiger partial charge in [0.15, 0.2) is 0 Å². The van der Waals surface area contributed by atoms with Crippen LogP contribution >= 0.6 is 0 Å². The molecular weight excluding hydrogens is 194 g/mol. The molecule has 0 aliphatic heterocycles. The normalized spacial score (nSPS) is 16.4. The second-order valence-electron chi connectivity index (χ2n) is 4.47. The van der Waals surface area contributed by atoms with Crippen molar-refractivity contribution < 1.29 is 0 Å². The fraction of sp³-hybridized carbons (Fsp3) is 0.600. The minimum atomic E-state index is 0.185. The molecule has 16 heavy (non-hydrogen) atoms. The molecule has 0 rings (SSSR count). The summed E-state index contributed by atoms with van der Waals surface area (Å²) in [5.41, 5.74) is 7.29. The van der Waals surface area contributed by atoms with E-state index in [0.29, 0.717) is 0 Å². The van der Waals surface area contributed by atoms with Crippen molar-refractivity contribution in [2.75, 3.05) is 0 Å². The molecule has 0 radical (unpaired) electrons. The Kier molecular flexibility index (Phi) is 8.93. The predicted octanol–water partition coefficient (Wildman–Crippen LogP) is 4.22. The molecule has 0 saturated carbocycles. The highest BCUT2D eigenvalue weighted by molar-refractivity contribution is 5.21. The highest BCUT2D eigenvalue weighted by Gasteiger charge is 2.08. The molecule has 0 amide bonds. The Morgan fingerprint density at radius 2 is 2.06 bits per heavy atom. The molecule has 0 fully saturated rings. The first-order chi connectivity index (χ1) is 7.63. The zero-order valence-corrected chi connectivity index (χ0v) is 11.1.